The molecule has 26 heavy (non-hydrogen) atoms. The van der Waals surface area contributed by atoms with Crippen molar-refractivity contribution in [3.63, 3.8) is 0 Å². The van der Waals surface area contributed by atoms with E-state index in [0.717, 1.165) is 11.3 Å². The van der Waals surface area contributed by atoms with Gasteiger partial charge in [-0.3, -0.25) is 4.90 Å². The zero-order chi connectivity index (χ0) is 18.9. The molecule has 1 heterocycles. The molecule has 1 unspecified atom stereocenters. The van der Waals surface area contributed by atoms with E-state index in [1.54, 1.807) is 14.0 Å². The Kier molecular flexibility index (Phi) is 5.32. The van der Waals surface area contributed by atoms with Crippen LogP contribution in [0.15, 0.2) is 47.4 Å². The molecule has 0 amide bonds. The first kappa shape index (κ1) is 18.8. The van der Waals surface area contributed by atoms with Gasteiger partial charge in [-0.1, -0.05) is 18.2 Å². The summed E-state index contributed by atoms with van der Waals surface area (Å²) in [4.78, 5) is 2.28. The van der Waals surface area contributed by atoms with Crippen LogP contribution in [0, 0.1) is 12.7 Å². The van der Waals surface area contributed by atoms with Crippen LogP contribution in [0.5, 0.6) is 5.75 Å². The second-order valence-corrected chi connectivity index (χ2v) is 8.42. The molecule has 1 aliphatic rings. The van der Waals surface area contributed by atoms with Gasteiger partial charge in [0.2, 0.25) is 10.0 Å². The summed E-state index contributed by atoms with van der Waals surface area (Å²) in [5, 5.41) is 0. The number of halogens is 1. The van der Waals surface area contributed by atoms with Crippen LogP contribution in [-0.4, -0.2) is 51.4 Å². The molecule has 140 valence electrons. The molecule has 3 rings (SSSR count). The van der Waals surface area contributed by atoms with E-state index < -0.39 is 15.8 Å². The maximum atomic E-state index is 13.4. The number of nitrogens with zero attached hydrogens (tertiary/aromatic N) is 2. The largest absolute Gasteiger partial charge is 0.496 e. The predicted molar refractivity (Wildman–Crippen MR) is 98.3 cm³/mol. The second kappa shape index (κ2) is 7.34. The van der Waals surface area contributed by atoms with Crippen LogP contribution < -0.4 is 4.74 Å². The third kappa shape index (κ3) is 3.47. The van der Waals surface area contributed by atoms with Crippen molar-refractivity contribution < 1.29 is 17.5 Å². The summed E-state index contributed by atoms with van der Waals surface area (Å²) < 4.78 is 46.5. The number of hydrogen-bond donors (Lipinski definition) is 0. The van der Waals surface area contributed by atoms with Crippen LogP contribution in [0.1, 0.15) is 17.2 Å². The quantitative estimate of drug-likeness (QED) is 0.821. The van der Waals surface area contributed by atoms with Crippen LogP contribution in [0.2, 0.25) is 0 Å². The van der Waals surface area contributed by atoms with Crippen molar-refractivity contribution in [2.45, 2.75) is 17.9 Å². The number of piperazine rings is 1. The predicted octanol–water partition coefficient (Wildman–Crippen LogP) is 2.82. The normalized spacial score (nSPS) is 19.5. The van der Waals surface area contributed by atoms with E-state index in [1.165, 1.54) is 22.5 Å². The zero-order valence-corrected chi connectivity index (χ0v) is 16.0. The highest BCUT2D eigenvalue weighted by molar-refractivity contribution is 7.89. The van der Waals surface area contributed by atoms with Gasteiger partial charge in [0.25, 0.3) is 0 Å². The Morgan fingerprint density at radius 2 is 1.88 bits per heavy atom. The number of likely N-dealkylation sites (N-methyl/N-ethyl adjacent to an activating group) is 1. The summed E-state index contributed by atoms with van der Waals surface area (Å²) >= 11 is 0. The minimum Gasteiger partial charge on any atom is -0.496 e. The van der Waals surface area contributed by atoms with Gasteiger partial charge in [0.1, 0.15) is 11.6 Å². The third-order valence-corrected chi connectivity index (χ3v) is 6.89. The molecule has 0 saturated carbocycles. The Labute approximate surface area is 154 Å². The molecule has 0 spiro atoms. The van der Waals surface area contributed by atoms with Gasteiger partial charge in [0, 0.05) is 25.2 Å². The van der Waals surface area contributed by atoms with Gasteiger partial charge in [-0.05, 0) is 43.8 Å². The maximum Gasteiger partial charge on any atom is 0.243 e. The van der Waals surface area contributed by atoms with Crippen molar-refractivity contribution in [2.75, 3.05) is 33.8 Å². The number of para-hydroxylation sites is 1. The van der Waals surface area contributed by atoms with Crippen LogP contribution in [-0.2, 0) is 10.0 Å². The van der Waals surface area contributed by atoms with Gasteiger partial charge in [0.05, 0.1) is 18.0 Å². The van der Waals surface area contributed by atoms with Crippen molar-refractivity contribution in [1.29, 1.82) is 0 Å². The van der Waals surface area contributed by atoms with Crippen LogP contribution in [0.4, 0.5) is 4.39 Å². The number of rotatable bonds is 4. The lowest BCUT2D eigenvalue weighted by atomic mass is 10.0. The van der Waals surface area contributed by atoms with E-state index in [4.69, 9.17) is 4.74 Å². The molecule has 1 saturated heterocycles. The van der Waals surface area contributed by atoms with Gasteiger partial charge in [0.15, 0.2) is 0 Å². The van der Waals surface area contributed by atoms with Crippen molar-refractivity contribution >= 4 is 10.0 Å². The molecule has 0 aromatic heterocycles. The van der Waals surface area contributed by atoms with Crippen LogP contribution in [0.25, 0.3) is 0 Å². The van der Waals surface area contributed by atoms with E-state index in [-0.39, 0.29) is 10.9 Å². The van der Waals surface area contributed by atoms with Gasteiger partial charge in [-0.2, -0.15) is 4.31 Å². The first-order valence-corrected chi connectivity index (χ1v) is 9.88. The topological polar surface area (TPSA) is 49.9 Å². The Morgan fingerprint density at radius 1 is 1.15 bits per heavy atom. The fourth-order valence-electron chi connectivity index (χ4n) is 3.39. The summed E-state index contributed by atoms with van der Waals surface area (Å²) in [6, 6.07) is 11.3. The highest BCUT2D eigenvalue weighted by Crippen LogP contribution is 2.33. The first-order valence-electron chi connectivity index (χ1n) is 8.44. The monoisotopic (exact) mass is 378 g/mol. The Morgan fingerprint density at radius 3 is 2.58 bits per heavy atom. The van der Waals surface area contributed by atoms with Crippen molar-refractivity contribution in [2.24, 2.45) is 0 Å². The number of ether oxygens (including phenoxy) is 1. The van der Waals surface area contributed by atoms with Crippen molar-refractivity contribution in [1.82, 2.24) is 9.21 Å². The first-order chi connectivity index (χ1) is 12.3. The maximum absolute atomic E-state index is 13.4. The van der Waals surface area contributed by atoms with Crippen molar-refractivity contribution in [3.05, 3.63) is 59.4 Å². The number of methoxy groups -OCH3 is 1. The molecular formula is C19H23FN2O3S. The number of hydrogen-bond acceptors (Lipinski definition) is 4. The van der Waals surface area contributed by atoms with Gasteiger partial charge in [-0.25, -0.2) is 12.8 Å². The molecule has 0 N–H and O–H groups in total. The molecule has 7 heteroatoms. The molecule has 0 bridgehead atoms. The minimum atomic E-state index is -3.69. The summed E-state index contributed by atoms with van der Waals surface area (Å²) in [5.74, 6) is 0.299. The smallest absolute Gasteiger partial charge is 0.243 e. The van der Waals surface area contributed by atoms with Crippen molar-refractivity contribution in [3.8, 4) is 5.75 Å². The molecular weight excluding hydrogens is 355 g/mol. The van der Waals surface area contributed by atoms with E-state index >= 15 is 0 Å². The van der Waals surface area contributed by atoms with Crippen LogP contribution in [0.3, 0.4) is 0 Å². The second-order valence-electron chi connectivity index (χ2n) is 6.51. The Bertz CT molecular complexity index is 901. The highest BCUT2D eigenvalue weighted by Gasteiger charge is 2.35. The molecule has 1 atom stereocenters. The standard InChI is InChI=1S/C19H23FN2O3S/c1-14-12-15(20)8-9-19(14)26(23,24)22-11-10-21(2)17(13-22)16-6-4-5-7-18(16)25-3/h4-9,12,17H,10-11,13H2,1-3H3. The molecule has 0 radical (unpaired) electrons. The lowest BCUT2D eigenvalue weighted by molar-refractivity contribution is 0.146. The molecule has 0 aliphatic carbocycles. The summed E-state index contributed by atoms with van der Waals surface area (Å²) in [7, 11) is -0.109. The molecule has 1 aliphatic heterocycles. The number of benzene rings is 2. The number of aryl methyl sites for hydroxylation is 1. The van der Waals surface area contributed by atoms with E-state index in [0.29, 0.717) is 25.2 Å². The fraction of sp³-hybridized carbons (Fsp3) is 0.368. The number of sulfonamides is 1. The Hall–Kier alpha value is -1.96. The van der Waals surface area contributed by atoms with Gasteiger partial charge >= 0.3 is 0 Å². The average molecular weight is 378 g/mol. The lowest BCUT2D eigenvalue weighted by Gasteiger charge is -2.39. The van der Waals surface area contributed by atoms with E-state index in [1.807, 2.05) is 31.3 Å². The van der Waals surface area contributed by atoms with Gasteiger partial charge in [-0.15, -0.1) is 0 Å². The van der Waals surface area contributed by atoms with Gasteiger partial charge < -0.3 is 4.74 Å². The zero-order valence-electron chi connectivity index (χ0n) is 15.1. The third-order valence-electron chi connectivity index (χ3n) is 4.86. The summed E-state index contributed by atoms with van der Waals surface area (Å²) in [6.07, 6.45) is 0. The SMILES string of the molecule is COc1ccccc1C1CN(S(=O)(=O)c2ccc(F)cc2C)CCN1C. The average Bonchev–Trinajstić information content (AvgIpc) is 2.61. The Balaban J connectivity index is 1.94. The summed E-state index contributed by atoms with van der Waals surface area (Å²) in [5.41, 5.74) is 1.37. The van der Waals surface area contributed by atoms with E-state index in [2.05, 4.69) is 4.90 Å². The molecule has 1 fully saturated rings. The highest BCUT2D eigenvalue weighted by atomic mass is 32.2. The lowest BCUT2D eigenvalue weighted by Crippen LogP contribution is -2.49. The fourth-order valence-corrected chi connectivity index (χ4v) is 5.03. The van der Waals surface area contributed by atoms with E-state index in [9.17, 15) is 12.8 Å². The summed E-state index contributed by atoms with van der Waals surface area (Å²) in [6.45, 7) is 2.92. The molecule has 2 aromatic carbocycles. The van der Waals surface area contributed by atoms with Crippen LogP contribution >= 0.6 is 0 Å². The minimum absolute atomic E-state index is 0.115. The molecule has 5 nitrogen and oxygen atoms in total. The molecule has 2 aromatic rings.